The number of methoxy groups -OCH3 is 1. The van der Waals surface area contributed by atoms with E-state index in [4.69, 9.17) is 4.74 Å². The van der Waals surface area contributed by atoms with E-state index in [-0.39, 0.29) is 14.9 Å². The molecule has 0 saturated heterocycles. The predicted octanol–water partition coefficient (Wildman–Crippen LogP) is 3.95. The first-order valence-corrected chi connectivity index (χ1v) is 7.63. The fraction of sp³-hybridized carbons (Fsp3) is 0.462. The standard InChI is InChI=1S/C13H14Br2F3NO2/c1-19(6-9(14)7-21-2)12(20)8-3-4-11(15)10(5-8)13(16,17)18/h3-5,9H,6-7H2,1-2H3. The number of hydrogen-bond donors (Lipinski definition) is 0. The van der Waals surface area contributed by atoms with Crippen LogP contribution in [0.3, 0.4) is 0 Å². The highest BCUT2D eigenvalue weighted by Gasteiger charge is 2.33. The Kier molecular flexibility index (Phi) is 6.68. The van der Waals surface area contributed by atoms with Gasteiger partial charge in [0.1, 0.15) is 0 Å². The second kappa shape index (κ2) is 7.60. The Balaban J connectivity index is 2.93. The molecule has 1 aromatic rings. The molecule has 0 aromatic heterocycles. The van der Waals surface area contributed by atoms with Gasteiger partial charge in [-0.3, -0.25) is 4.79 Å². The molecule has 0 heterocycles. The third-order valence-electron chi connectivity index (χ3n) is 2.68. The van der Waals surface area contributed by atoms with Crippen LogP contribution in [0, 0.1) is 0 Å². The van der Waals surface area contributed by atoms with Crippen molar-refractivity contribution in [2.45, 2.75) is 11.0 Å². The Bertz CT molecular complexity index is 509. The Labute approximate surface area is 137 Å². The van der Waals surface area contributed by atoms with Crippen LogP contribution in [-0.2, 0) is 10.9 Å². The fourth-order valence-corrected chi connectivity index (χ4v) is 2.88. The van der Waals surface area contributed by atoms with Crippen LogP contribution in [0.1, 0.15) is 15.9 Å². The van der Waals surface area contributed by atoms with E-state index in [9.17, 15) is 18.0 Å². The lowest BCUT2D eigenvalue weighted by atomic mass is 10.1. The molecule has 0 saturated carbocycles. The summed E-state index contributed by atoms with van der Waals surface area (Å²) in [5.74, 6) is -0.478. The van der Waals surface area contributed by atoms with Crippen LogP contribution in [0.5, 0.6) is 0 Å². The monoisotopic (exact) mass is 431 g/mol. The normalized spacial score (nSPS) is 13.1. The smallest absolute Gasteiger partial charge is 0.383 e. The average Bonchev–Trinajstić information content (AvgIpc) is 2.37. The number of ether oxygens (including phenoxy) is 1. The van der Waals surface area contributed by atoms with Crippen molar-refractivity contribution < 1.29 is 22.7 Å². The van der Waals surface area contributed by atoms with Gasteiger partial charge in [-0.2, -0.15) is 13.2 Å². The number of alkyl halides is 4. The second-order valence-corrected chi connectivity index (χ2v) is 6.58. The molecule has 0 spiro atoms. The zero-order valence-electron chi connectivity index (χ0n) is 11.4. The molecule has 1 aromatic carbocycles. The quantitative estimate of drug-likeness (QED) is 0.659. The summed E-state index contributed by atoms with van der Waals surface area (Å²) in [6.45, 7) is 0.718. The molecule has 0 fully saturated rings. The second-order valence-electron chi connectivity index (χ2n) is 4.43. The zero-order valence-corrected chi connectivity index (χ0v) is 14.5. The van der Waals surface area contributed by atoms with E-state index in [1.165, 1.54) is 31.2 Å². The van der Waals surface area contributed by atoms with Gasteiger partial charge in [0.2, 0.25) is 0 Å². The van der Waals surface area contributed by atoms with Gasteiger partial charge in [-0.1, -0.05) is 31.9 Å². The Morgan fingerprint density at radius 1 is 1.43 bits per heavy atom. The van der Waals surface area contributed by atoms with Gasteiger partial charge < -0.3 is 9.64 Å². The molecule has 0 aliphatic heterocycles. The third kappa shape index (κ3) is 5.27. The van der Waals surface area contributed by atoms with Gasteiger partial charge in [-0.05, 0) is 18.2 Å². The van der Waals surface area contributed by atoms with Crippen LogP contribution in [0.15, 0.2) is 22.7 Å². The first-order valence-electron chi connectivity index (χ1n) is 5.92. The van der Waals surface area contributed by atoms with Crippen LogP contribution in [0.25, 0.3) is 0 Å². The van der Waals surface area contributed by atoms with E-state index < -0.39 is 17.6 Å². The van der Waals surface area contributed by atoms with Crippen molar-refractivity contribution in [2.24, 2.45) is 0 Å². The van der Waals surface area contributed by atoms with Crippen molar-refractivity contribution >= 4 is 37.8 Å². The highest BCUT2D eigenvalue weighted by molar-refractivity contribution is 9.10. The van der Waals surface area contributed by atoms with Crippen LogP contribution < -0.4 is 0 Å². The number of rotatable bonds is 5. The molecule has 0 radical (unpaired) electrons. The molecule has 1 unspecified atom stereocenters. The maximum atomic E-state index is 12.8. The van der Waals surface area contributed by atoms with E-state index in [0.29, 0.717) is 13.2 Å². The van der Waals surface area contributed by atoms with Gasteiger partial charge in [0, 0.05) is 30.7 Å². The number of halogens is 5. The minimum atomic E-state index is -4.51. The van der Waals surface area contributed by atoms with E-state index in [1.54, 1.807) is 0 Å². The summed E-state index contributed by atoms with van der Waals surface area (Å²) < 4.78 is 43.3. The Morgan fingerprint density at radius 2 is 2.05 bits per heavy atom. The minimum absolute atomic E-state index is 0.00913. The van der Waals surface area contributed by atoms with Crippen LogP contribution in [0.2, 0.25) is 0 Å². The van der Waals surface area contributed by atoms with Gasteiger partial charge in [-0.15, -0.1) is 0 Å². The first-order chi connectivity index (χ1) is 9.66. The van der Waals surface area contributed by atoms with Crippen LogP contribution in [-0.4, -0.2) is 42.9 Å². The van der Waals surface area contributed by atoms with Gasteiger partial charge in [0.25, 0.3) is 5.91 Å². The molecule has 8 heteroatoms. The summed E-state index contributed by atoms with van der Waals surface area (Å²) in [7, 11) is 3.06. The number of amides is 1. The lowest BCUT2D eigenvalue weighted by Gasteiger charge is -2.21. The molecule has 0 bridgehead atoms. The maximum Gasteiger partial charge on any atom is 0.417 e. The van der Waals surface area contributed by atoms with Gasteiger partial charge in [-0.25, -0.2) is 0 Å². The number of carbonyl (C=O) groups is 1. The molecule has 3 nitrogen and oxygen atoms in total. The van der Waals surface area contributed by atoms with Crippen molar-refractivity contribution in [1.29, 1.82) is 0 Å². The Hall–Kier alpha value is -0.600. The average molecular weight is 433 g/mol. The van der Waals surface area contributed by atoms with Crippen molar-refractivity contribution in [3.05, 3.63) is 33.8 Å². The summed E-state index contributed by atoms with van der Waals surface area (Å²) in [4.78, 5) is 13.4. The molecule has 1 atom stereocenters. The van der Waals surface area contributed by atoms with E-state index in [2.05, 4.69) is 31.9 Å². The van der Waals surface area contributed by atoms with Crippen molar-refractivity contribution in [3.63, 3.8) is 0 Å². The number of carbonyl (C=O) groups excluding carboxylic acids is 1. The largest absolute Gasteiger partial charge is 0.417 e. The summed E-state index contributed by atoms with van der Waals surface area (Å²) in [6, 6.07) is 3.44. The van der Waals surface area contributed by atoms with Gasteiger partial charge in [0.05, 0.1) is 17.0 Å². The lowest BCUT2D eigenvalue weighted by molar-refractivity contribution is -0.138. The summed E-state index contributed by atoms with van der Waals surface area (Å²) in [6.07, 6.45) is -4.51. The maximum absolute atomic E-state index is 12.8. The molecule has 118 valence electrons. The molecular formula is C13H14Br2F3NO2. The van der Waals surface area contributed by atoms with Gasteiger partial charge in [0.15, 0.2) is 0 Å². The summed E-state index contributed by atoms with van der Waals surface area (Å²) >= 11 is 6.18. The van der Waals surface area contributed by atoms with E-state index >= 15 is 0 Å². The molecule has 0 aliphatic carbocycles. The van der Waals surface area contributed by atoms with Crippen molar-refractivity contribution in [2.75, 3.05) is 27.3 Å². The number of benzene rings is 1. The summed E-state index contributed by atoms with van der Waals surface area (Å²) in [5, 5.41) is 0. The van der Waals surface area contributed by atoms with Crippen molar-refractivity contribution in [3.8, 4) is 0 Å². The fourth-order valence-electron chi connectivity index (χ4n) is 1.71. The lowest BCUT2D eigenvalue weighted by Crippen LogP contribution is -2.33. The zero-order chi connectivity index (χ0) is 16.2. The molecule has 0 N–H and O–H groups in total. The molecule has 1 rings (SSSR count). The van der Waals surface area contributed by atoms with Crippen LogP contribution >= 0.6 is 31.9 Å². The summed E-state index contributed by atoms with van der Waals surface area (Å²) in [5.41, 5.74) is -0.876. The highest BCUT2D eigenvalue weighted by atomic mass is 79.9. The SMILES string of the molecule is COCC(Br)CN(C)C(=O)c1ccc(Br)c(C(F)(F)F)c1. The van der Waals surface area contributed by atoms with E-state index in [1.807, 2.05) is 0 Å². The third-order valence-corrected chi connectivity index (χ3v) is 3.93. The minimum Gasteiger partial charge on any atom is -0.383 e. The van der Waals surface area contributed by atoms with E-state index in [0.717, 1.165) is 6.07 Å². The predicted molar refractivity (Wildman–Crippen MR) is 80.7 cm³/mol. The number of nitrogens with zero attached hydrogens (tertiary/aromatic N) is 1. The molecule has 1 amide bonds. The van der Waals surface area contributed by atoms with Crippen molar-refractivity contribution in [1.82, 2.24) is 4.90 Å². The first kappa shape index (κ1) is 18.4. The Morgan fingerprint density at radius 3 is 2.57 bits per heavy atom. The molecular weight excluding hydrogens is 419 g/mol. The topological polar surface area (TPSA) is 29.5 Å². The van der Waals surface area contributed by atoms with Crippen LogP contribution in [0.4, 0.5) is 13.2 Å². The number of hydrogen-bond acceptors (Lipinski definition) is 2. The molecule has 21 heavy (non-hydrogen) atoms. The highest BCUT2D eigenvalue weighted by Crippen LogP contribution is 2.35. The van der Waals surface area contributed by atoms with Gasteiger partial charge >= 0.3 is 6.18 Å². The molecule has 0 aliphatic rings.